The van der Waals surface area contributed by atoms with Crippen LogP contribution >= 0.6 is 0 Å². The van der Waals surface area contributed by atoms with Crippen molar-refractivity contribution in [2.75, 3.05) is 38.1 Å². The Morgan fingerprint density at radius 3 is 2.55 bits per heavy atom. The van der Waals surface area contributed by atoms with Crippen molar-refractivity contribution in [3.8, 4) is 0 Å². The van der Waals surface area contributed by atoms with Crippen LogP contribution in [-0.4, -0.2) is 56.0 Å². The highest BCUT2D eigenvalue weighted by Crippen LogP contribution is 2.21. The summed E-state index contributed by atoms with van der Waals surface area (Å²) >= 11 is 0. The van der Waals surface area contributed by atoms with Crippen LogP contribution in [0.4, 0.5) is 5.69 Å². The number of amides is 1. The molecule has 1 fully saturated rings. The van der Waals surface area contributed by atoms with Crippen molar-refractivity contribution >= 4 is 17.6 Å². The summed E-state index contributed by atoms with van der Waals surface area (Å²) in [6.45, 7) is 11.6. The first-order chi connectivity index (χ1) is 14.1. The van der Waals surface area contributed by atoms with E-state index in [0.717, 1.165) is 57.1 Å². The monoisotopic (exact) mass is 401 g/mol. The van der Waals surface area contributed by atoms with Crippen LogP contribution in [0.3, 0.4) is 0 Å². The maximum absolute atomic E-state index is 12.1. The fraction of sp³-hybridized carbons (Fsp3) is 0.652. The number of carbonyl (C=O) groups is 1. The third-order valence-electron chi connectivity index (χ3n) is 5.64. The third kappa shape index (κ3) is 7.69. The van der Waals surface area contributed by atoms with Gasteiger partial charge in [-0.1, -0.05) is 26.0 Å². The van der Waals surface area contributed by atoms with Crippen LogP contribution in [0.5, 0.6) is 0 Å². The molecule has 1 amide bonds. The molecule has 1 aromatic carbocycles. The molecule has 0 aliphatic carbocycles. The zero-order valence-corrected chi connectivity index (χ0v) is 18.7. The van der Waals surface area contributed by atoms with Gasteiger partial charge in [0.2, 0.25) is 5.91 Å². The minimum atomic E-state index is 0.238. The van der Waals surface area contributed by atoms with E-state index in [9.17, 15) is 4.79 Å². The molecule has 0 saturated carbocycles. The van der Waals surface area contributed by atoms with E-state index in [1.807, 2.05) is 24.1 Å². The predicted octanol–water partition coefficient (Wildman–Crippen LogP) is 3.38. The number of hydrogen-bond donors (Lipinski definition) is 2. The number of guanidine groups is 1. The Morgan fingerprint density at radius 1 is 1.21 bits per heavy atom. The van der Waals surface area contributed by atoms with E-state index < -0.39 is 0 Å². The van der Waals surface area contributed by atoms with Crippen LogP contribution in [-0.2, 0) is 11.3 Å². The number of carbonyl (C=O) groups excluding carboxylic acids is 1. The van der Waals surface area contributed by atoms with Gasteiger partial charge >= 0.3 is 0 Å². The summed E-state index contributed by atoms with van der Waals surface area (Å²) in [6, 6.07) is 8.65. The lowest BCUT2D eigenvalue weighted by molar-refractivity contribution is -0.119. The van der Waals surface area contributed by atoms with E-state index in [-0.39, 0.29) is 5.91 Å². The molecule has 1 saturated heterocycles. The van der Waals surface area contributed by atoms with E-state index in [4.69, 9.17) is 0 Å². The Hall–Kier alpha value is -2.08. The minimum absolute atomic E-state index is 0.238. The molecule has 1 aromatic rings. The van der Waals surface area contributed by atoms with Gasteiger partial charge in [0.15, 0.2) is 5.96 Å². The molecule has 0 aromatic heterocycles. The van der Waals surface area contributed by atoms with E-state index >= 15 is 0 Å². The summed E-state index contributed by atoms with van der Waals surface area (Å²) in [4.78, 5) is 20.8. The van der Waals surface area contributed by atoms with E-state index in [0.29, 0.717) is 19.0 Å². The number of aliphatic imine (C=N–C) groups is 1. The molecule has 162 valence electrons. The lowest BCUT2D eigenvalue weighted by atomic mass is 10.1. The molecule has 2 N–H and O–H groups in total. The standard InChI is InChI=1S/C23H39N5O/c1-5-27(6-2)16-9-10-19(3)26-23(24-4)25-18-20-12-14-21(15-13-20)28-17-8-7-11-22(28)29/h12-15,19H,5-11,16-18H2,1-4H3,(H2,24,25,26). The second-order valence-electron chi connectivity index (χ2n) is 7.81. The number of nitrogens with zero attached hydrogens (tertiary/aromatic N) is 3. The molecule has 1 heterocycles. The topological polar surface area (TPSA) is 60.0 Å². The van der Waals surface area contributed by atoms with Crippen LogP contribution < -0.4 is 15.5 Å². The molecular weight excluding hydrogens is 362 g/mol. The van der Waals surface area contributed by atoms with Gasteiger partial charge in [0.1, 0.15) is 0 Å². The average molecular weight is 402 g/mol. The number of rotatable bonds is 10. The van der Waals surface area contributed by atoms with Crippen molar-refractivity contribution < 1.29 is 4.79 Å². The van der Waals surface area contributed by atoms with E-state index in [2.05, 4.69) is 53.4 Å². The summed E-state index contributed by atoms with van der Waals surface area (Å²) in [5.41, 5.74) is 2.18. The largest absolute Gasteiger partial charge is 0.354 e. The van der Waals surface area contributed by atoms with Crippen LogP contribution in [0.2, 0.25) is 0 Å². The average Bonchev–Trinajstić information content (AvgIpc) is 2.75. The lowest BCUT2D eigenvalue weighted by Gasteiger charge is -2.27. The summed E-state index contributed by atoms with van der Waals surface area (Å²) in [5, 5.41) is 6.88. The van der Waals surface area contributed by atoms with Crippen molar-refractivity contribution in [3.63, 3.8) is 0 Å². The Bertz CT molecular complexity index is 639. The zero-order valence-electron chi connectivity index (χ0n) is 18.7. The molecule has 1 unspecified atom stereocenters. The summed E-state index contributed by atoms with van der Waals surface area (Å²) in [5.74, 6) is 1.07. The van der Waals surface area contributed by atoms with Crippen molar-refractivity contribution in [3.05, 3.63) is 29.8 Å². The summed E-state index contributed by atoms with van der Waals surface area (Å²) in [7, 11) is 1.81. The summed E-state index contributed by atoms with van der Waals surface area (Å²) in [6.07, 6.45) is 5.07. The van der Waals surface area contributed by atoms with E-state index in [1.165, 1.54) is 12.0 Å². The van der Waals surface area contributed by atoms with Gasteiger partial charge in [-0.2, -0.15) is 0 Å². The van der Waals surface area contributed by atoms with Crippen molar-refractivity contribution in [1.29, 1.82) is 0 Å². The van der Waals surface area contributed by atoms with Gasteiger partial charge in [-0.05, 0) is 69.9 Å². The normalized spacial score (nSPS) is 16.2. The van der Waals surface area contributed by atoms with Gasteiger partial charge in [-0.15, -0.1) is 0 Å². The maximum Gasteiger partial charge on any atom is 0.226 e. The first kappa shape index (κ1) is 23.2. The molecule has 1 atom stereocenters. The summed E-state index contributed by atoms with van der Waals surface area (Å²) < 4.78 is 0. The highest BCUT2D eigenvalue weighted by molar-refractivity contribution is 5.93. The Morgan fingerprint density at radius 2 is 1.93 bits per heavy atom. The van der Waals surface area contributed by atoms with E-state index in [1.54, 1.807) is 0 Å². The highest BCUT2D eigenvalue weighted by Gasteiger charge is 2.19. The van der Waals surface area contributed by atoms with Gasteiger partial charge in [-0.25, -0.2) is 0 Å². The zero-order chi connectivity index (χ0) is 21.1. The number of anilines is 1. The molecule has 1 aliphatic heterocycles. The second kappa shape index (κ2) is 12.5. The smallest absolute Gasteiger partial charge is 0.226 e. The SMILES string of the molecule is CCN(CC)CCCC(C)NC(=NC)NCc1ccc(N2CCCCC2=O)cc1. The van der Waals surface area contributed by atoms with Crippen LogP contribution in [0.1, 0.15) is 58.4 Å². The van der Waals surface area contributed by atoms with Crippen LogP contribution in [0.15, 0.2) is 29.3 Å². The molecule has 6 nitrogen and oxygen atoms in total. The number of nitrogens with one attached hydrogen (secondary N) is 2. The quantitative estimate of drug-likeness (QED) is 0.466. The molecule has 29 heavy (non-hydrogen) atoms. The first-order valence-electron chi connectivity index (χ1n) is 11.2. The Balaban J connectivity index is 1.76. The maximum atomic E-state index is 12.1. The molecule has 1 aliphatic rings. The highest BCUT2D eigenvalue weighted by atomic mass is 16.2. The van der Waals surface area contributed by atoms with Gasteiger partial charge in [0.05, 0.1) is 0 Å². The number of piperidine rings is 1. The van der Waals surface area contributed by atoms with Gasteiger partial charge in [-0.3, -0.25) is 9.79 Å². The first-order valence-corrected chi connectivity index (χ1v) is 11.2. The van der Waals surface area contributed by atoms with Gasteiger partial charge in [0.25, 0.3) is 0 Å². The van der Waals surface area contributed by atoms with Crippen molar-refractivity contribution in [1.82, 2.24) is 15.5 Å². The second-order valence-corrected chi connectivity index (χ2v) is 7.81. The molecule has 0 spiro atoms. The lowest BCUT2D eigenvalue weighted by Crippen LogP contribution is -2.42. The molecule has 6 heteroatoms. The van der Waals surface area contributed by atoms with Gasteiger partial charge < -0.3 is 20.4 Å². The molecule has 0 radical (unpaired) electrons. The minimum Gasteiger partial charge on any atom is -0.354 e. The molecule has 0 bridgehead atoms. The van der Waals surface area contributed by atoms with Crippen LogP contribution in [0, 0.1) is 0 Å². The van der Waals surface area contributed by atoms with Crippen LogP contribution in [0.25, 0.3) is 0 Å². The predicted molar refractivity (Wildman–Crippen MR) is 122 cm³/mol. The van der Waals surface area contributed by atoms with Crippen molar-refractivity contribution in [2.24, 2.45) is 4.99 Å². The fourth-order valence-corrected chi connectivity index (χ4v) is 3.72. The van der Waals surface area contributed by atoms with Gasteiger partial charge in [0, 0.05) is 38.3 Å². The molecule has 2 rings (SSSR count). The number of benzene rings is 1. The Kier molecular flexibility index (Phi) is 9.98. The third-order valence-corrected chi connectivity index (χ3v) is 5.64. The number of hydrogen-bond acceptors (Lipinski definition) is 3. The molecular formula is C23H39N5O. The fourth-order valence-electron chi connectivity index (χ4n) is 3.72. The van der Waals surface area contributed by atoms with Crippen molar-refractivity contribution in [2.45, 2.75) is 65.5 Å². The Labute approximate surface area is 176 Å².